The summed E-state index contributed by atoms with van der Waals surface area (Å²) < 4.78 is 0. The molecule has 2 aromatic heterocycles. The second-order valence-corrected chi connectivity index (χ2v) is 4.00. The summed E-state index contributed by atoms with van der Waals surface area (Å²) in [6, 6.07) is 7.86. The van der Waals surface area contributed by atoms with Gasteiger partial charge in [-0.1, -0.05) is 0 Å². The van der Waals surface area contributed by atoms with Crippen LogP contribution in [0.1, 0.15) is 10.4 Å². The molecular formula is C11H9N3S. The van der Waals surface area contributed by atoms with Crippen LogP contribution in [0, 0.1) is 11.3 Å². The molecule has 15 heavy (non-hydrogen) atoms. The number of rotatable bonds is 3. The van der Waals surface area contributed by atoms with Gasteiger partial charge in [0, 0.05) is 29.2 Å². The van der Waals surface area contributed by atoms with E-state index in [1.165, 1.54) is 0 Å². The number of pyridine rings is 1. The summed E-state index contributed by atoms with van der Waals surface area (Å²) in [5.74, 6) is 0. The number of thiophene rings is 1. The van der Waals surface area contributed by atoms with E-state index in [2.05, 4.69) is 16.4 Å². The molecule has 0 spiro atoms. The Bertz CT molecular complexity index is 470. The quantitative estimate of drug-likeness (QED) is 0.856. The van der Waals surface area contributed by atoms with Crippen LogP contribution in [0.25, 0.3) is 0 Å². The van der Waals surface area contributed by atoms with Crippen molar-refractivity contribution < 1.29 is 0 Å². The molecule has 0 aliphatic rings. The van der Waals surface area contributed by atoms with E-state index in [1.807, 2.05) is 23.6 Å². The van der Waals surface area contributed by atoms with Gasteiger partial charge in [-0.3, -0.25) is 4.98 Å². The number of hydrogen-bond acceptors (Lipinski definition) is 4. The summed E-state index contributed by atoms with van der Waals surface area (Å²) in [5, 5.41) is 13.8. The minimum absolute atomic E-state index is 0.725. The molecule has 0 amide bonds. The van der Waals surface area contributed by atoms with Crippen LogP contribution < -0.4 is 5.32 Å². The third-order valence-electron chi connectivity index (χ3n) is 1.91. The standard InChI is InChI=1S/C11H9N3S/c12-5-9-4-11(15-8-9)7-14-10-2-1-3-13-6-10/h1-4,6,8,14H,7H2. The maximum atomic E-state index is 8.66. The topological polar surface area (TPSA) is 48.7 Å². The number of nitriles is 1. The molecule has 2 heterocycles. The van der Waals surface area contributed by atoms with Crippen molar-refractivity contribution in [2.45, 2.75) is 6.54 Å². The number of anilines is 1. The van der Waals surface area contributed by atoms with E-state index in [0.29, 0.717) is 0 Å². The van der Waals surface area contributed by atoms with Gasteiger partial charge in [-0.15, -0.1) is 11.3 Å². The fourth-order valence-corrected chi connectivity index (χ4v) is 1.94. The van der Waals surface area contributed by atoms with Gasteiger partial charge < -0.3 is 5.32 Å². The van der Waals surface area contributed by atoms with Gasteiger partial charge in [-0.25, -0.2) is 0 Å². The van der Waals surface area contributed by atoms with Gasteiger partial charge in [0.2, 0.25) is 0 Å². The molecule has 0 aromatic carbocycles. The second kappa shape index (κ2) is 4.58. The summed E-state index contributed by atoms with van der Waals surface area (Å²) in [5.41, 5.74) is 1.72. The van der Waals surface area contributed by atoms with E-state index in [4.69, 9.17) is 5.26 Å². The first-order chi connectivity index (χ1) is 7.38. The average Bonchev–Trinajstić information content (AvgIpc) is 2.76. The first-order valence-electron chi connectivity index (χ1n) is 4.50. The molecule has 2 rings (SSSR count). The van der Waals surface area contributed by atoms with Crippen LogP contribution in [0.5, 0.6) is 0 Å². The third-order valence-corrected chi connectivity index (χ3v) is 2.85. The van der Waals surface area contributed by atoms with Gasteiger partial charge in [-0.05, 0) is 18.2 Å². The van der Waals surface area contributed by atoms with Crippen molar-refractivity contribution >= 4 is 17.0 Å². The molecule has 0 unspecified atom stereocenters. The van der Waals surface area contributed by atoms with Crippen molar-refractivity contribution in [1.29, 1.82) is 5.26 Å². The van der Waals surface area contributed by atoms with Crippen LogP contribution in [0.4, 0.5) is 5.69 Å². The zero-order valence-corrected chi connectivity index (χ0v) is 8.79. The molecule has 0 saturated carbocycles. The molecule has 0 saturated heterocycles. The van der Waals surface area contributed by atoms with Gasteiger partial charge >= 0.3 is 0 Å². The van der Waals surface area contributed by atoms with Crippen LogP contribution in [0.15, 0.2) is 36.0 Å². The maximum absolute atomic E-state index is 8.66. The Labute approximate surface area is 92.0 Å². The zero-order valence-electron chi connectivity index (χ0n) is 7.97. The molecule has 0 aliphatic carbocycles. The van der Waals surface area contributed by atoms with E-state index < -0.39 is 0 Å². The fourth-order valence-electron chi connectivity index (χ4n) is 1.19. The lowest BCUT2D eigenvalue weighted by atomic mass is 10.3. The molecule has 0 radical (unpaired) electrons. The lowest BCUT2D eigenvalue weighted by Crippen LogP contribution is -1.97. The Kier molecular flexibility index (Phi) is 2.96. The molecule has 3 nitrogen and oxygen atoms in total. The highest BCUT2D eigenvalue weighted by Crippen LogP contribution is 2.15. The fraction of sp³-hybridized carbons (Fsp3) is 0.0909. The van der Waals surface area contributed by atoms with E-state index >= 15 is 0 Å². The average molecular weight is 215 g/mol. The van der Waals surface area contributed by atoms with Crippen molar-refractivity contribution in [1.82, 2.24) is 4.98 Å². The zero-order chi connectivity index (χ0) is 10.5. The normalized spacial score (nSPS) is 9.53. The van der Waals surface area contributed by atoms with E-state index in [1.54, 1.807) is 23.7 Å². The summed E-state index contributed by atoms with van der Waals surface area (Å²) in [4.78, 5) is 5.16. The molecule has 0 fully saturated rings. The molecular weight excluding hydrogens is 206 g/mol. The van der Waals surface area contributed by atoms with Crippen molar-refractivity contribution in [2.75, 3.05) is 5.32 Å². The molecule has 0 atom stereocenters. The number of hydrogen-bond donors (Lipinski definition) is 1. The largest absolute Gasteiger partial charge is 0.379 e. The van der Waals surface area contributed by atoms with Crippen LogP contribution in [-0.4, -0.2) is 4.98 Å². The van der Waals surface area contributed by atoms with Gasteiger partial charge in [0.1, 0.15) is 6.07 Å². The third kappa shape index (κ3) is 2.55. The van der Waals surface area contributed by atoms with Crippen LogP contribution >= 0.6 is 11.3 Å². The van der Waals surface area contributed by atoms with Crippen LogP contribution in [0.3, 0.4) is 0 Å². The van der Waals surface area contributed by atoms with Gasteiger partial charge in [0.15, 0.2) is 0 Å². The SMILES string of the molecule is N#Cc1csc(CNc2cccnc2)c1. The lowest BCUT2D eigenvalue weighted by Gasteiger charge is -2.02. The highest BCUT2D eigenvalue weighted by atomic mass is 32.1. The number of nitrogens with zero attached hydrogens (tertiary/aromatic N) is 2. The lowest BCUT2D eigenvalue weighted by molar-refractivity contribution is 1.17. The van der Waals surface area contributed by atoms with E-state index in [-0.39, 0.29) is 0 Å². The number of aromatic nitrogens is 1. The molecule has 74 valence electrons. The van der Waals surface area contributed by atoms with Crippen molar-refractivity contribution in [3.63, 3.8) is 0 Å². The Hall–Kier alpha value is -1.86. The molecule has 4 heteroatoms. The molecule has 0 aliphatic heterocycles. The number of nitrogens with one attached hydrogen (secondary N) is 1. The van der Waals surface area contributed by atoms with Crippen molar-refractivity contribution in [2.24, 2.45) is 0 Å². The van der Waals surface area contributed by atoms with Gasteiger partial charge in [0.05, 0.1) is 11.3 Å². The van der Waals surface area contributed by atoms with Gasteiger partial charge in [-0.2, -0.15) is 5.26 Å². The van der Waals surface area contributed by atoms with Crippen molar-refractivity contribution in [3.8, 4) is 6.07 Å². The summed E-state index contributed by atoms with van der Waals surface area (Å²) in [6.07, 6.45) is 3.52. The highest BCUT2D eigenvalue weighted by Gasteiger charge is 1.98. The Morgan fingerprint density at radius 1 is 1.53 bits per heavy atom. The highest BCUT2D eigenvalue weighted by molar-refractivity contribution is 7.10. The van der Waals surface area contributed by atoms with Crippen LogP contribution in [0.2, 0.25) is 0 Å². The van der Waals surface area contributed by atoms with Gasteiger partial charge in [0.25, 0.3) is 0 Å². The Morgan fingerprint density at radius 3 is 3.13 bits per heavy atom. The smallest absolute Gasteiger partial charge is 0.100 e. The van der Waals surface area contributed by atoms with Crippen LogP contribution in [-0.2, 0) is 6.54 Å². The molecule has 1 N–H and O–H groups in total. The first-order valence-corrected chi connectivity index (χ1v) is 5.38. The van der Waals surface area contributed by atoms with E-state index in [0.717, 1.165) is 22.7 Å². The monoisotopic (exact) mass is 215 g/mol. The summed E-state index contributed by atoms with van der Waals surface area (Å²) in [7, 11) is 0. The first kappa shape index (κ1) is 9.69. The summed E-state index contributed by atoms with van der Waals surface area (Å²) in [6.45, 7) is 0.734. The summed E-state index contributed by atoms with van der Waals surface area (Å²) >= 11 is 1.59. The minimum atomic E-state index is 0.725. The predicted octanol–water partition coefficient (Wildman–Crippen LogP) is 2.63. The molecule has 0 bridgehead atoms. The van der Waals surface area contributed by atoms with E-state index in [9.17, 15) is 0 Å². The predicted molar refractivity (Wildman–Crippen MR) is 60.6 cm³/mol. The second-order valence-electron chi connectivity index (χ2n) is 3.01. The maximum Gasteiger partial charge on any atom is 0.100 e. The van der Waals surface area contributed by atoms with Crippen molar-refractivity contribution in [3.05, 3.63) is 46.4 Å². The Morgan fingerprint density at radius 2 is 2.47 bits per heavy atom. The Balaban J connectivity index is 1.97. The minimum Gasteiger partial charge on any atom is -0.379 e. The molecule has 2 aromatic rings.